The molecule has 2 heterocycles. The smallest absolute Gasteiger partial charge is 0.0976 e. The minimum absolute atomic E-state index is 0.471. The molecule has 0 aromatic carbocycles. The molecule has 2 rings (SSSR count). The summed E-state index contributed by atoms with van der Waals surface area (Å²) in [6, 6.07) is 0. The Morgan fingerprint density at radius 1 is 1.79 bits per heavy atom. The molecule has 1 aliphatic heterocycles. The highest BCUT2D eigenvalue weighted by Gasteiger charge is 2.22. The van der Waals surface area contributed by atoms with Crippen molar-refractivity contribution >= 4 is 0 Å². The molecule has 1 saturated heterocycles. The molecule has 1 aliphatic rings. The van der Waals surface area contributed by atoms with E-state index < -0.39 is 6.10 Å². The van der Waals surface area contributed by atoms with Crippen LogP contribution in [0.15, 0.2) is 6.20 Å². The molecule has 0 aliphatic carbocycles. The second-order valence-electron chi connectivity index (χ2n) is 3.76. The molecular weight excluding hydrogens is 182 g/mol. The van der Waals surface area contributed by atoms with Gasteiger partial charge in [-0.25, -0.2) is 4.68 Å². The highest BCUT2D eigenvalue weighted by atomic mass is 16.5. The van der Waals surface area contributed by atoms with E-state index in [9.17, 15) is 5.11 Å². The minimum atomic E-state index is -0.471. The summed E-state index contributed by atoms with van der Waals surface area (Å²) in [5, 5.41) is 17.4. The van der Waals surface area contributed by atoms with Crippen molar-refractivity contribution in [2.24, 2.45) is 13.0 Å². The van der Waals surface area contributed by atoms with E-state index in [2.05, 4.69) is 10.3 Å². The summed E-state index contributed by atoms with van der Waals surface area (Å²) in [5.41, 5.74) is 0.775. The maximum absolute atomic E-state index is 9.89. The van der Waals surface area contributed by atoms with Crippen molar-refractivity contribution in [2.45, 2.75) is 18.9 Å². The van der Waals surface area contributed by atoms with Crippen LogP contribution in [0.5, 0.6) is 0 Å². The van der Waals surface area contributed by atoms with Gasteiger partial charge in [-0.15, -0.1) is 5.10 Å². The summed E-state index contributed by atoms with van der Waals surface area (Å²) in [6.45, 7) is 1.59. The first-order chi connectivity index (χ1) is 6.77. The molecule has 0 amide bonds. The highest BCUT2D eigenvalue weighted by molar-refractivity contribution is 4.98. The van der Waals surface area contributed by atoms with Crippen molar-refractivity contribution in [2.75, 3.05) is 13.2 Å². The summed E-state index contributed by atoms with van der Waals surface area (Å²) >= 11 is 0. The van der Waals surface area contributed by atoms with Gasteiger partial charge in [0.05, 0.1) is 18.0 Å². The van der Waals surface area contributed by atoms with Crippen molar-refractivity contribution in [3.8, 4) is 0 Å². The number of hydrogen-bond donors (Lipinski definition) is 1. The summed E-state index contributed by atoms with van der Waals surface area (Å²) in [5.74, 6) is 0.472. The van der Waals surface area contributed by atoms with Crippen LogP contribution in [0.4, 0.5) is 0 Å². The van der Waals surface area contributed by atoms with Crippen molar-refractivity contribution < 1.29 is 9.84 Å². The molecule has 0 saturated carbocycles. The van der Waals surface area contributed by atoms with Gasteiger partial charge in [-0.05, 0) is 18.8 Å². The van der Waals surface area contributed by atoms with Crippen molar-refractivity contribution in [3.05, 3.63) is 11.9 Å². The summed E-state index contributed by atoms with van der Waals surface area (Å²) in [7, 11) is 1.79. The number of aliphatic hydroxyl groups excluding tert-OH is 1. The molecule has 1 N–H and O–H groups in total. The van der Waals surface area contributed by atoms with Gasteiger partial charge in [0, 0.05) is 20.3 Å². The van der Waals surface area contributed by atoms with Gasteiger partial charge in [0.25, 0.3) is 0 Å². The van der Waals surface area contributed by atoms with Gasteiger partial charge in [-0.3, -0.25) is 0 Å². The Morgan fingerprint density at radius 2 is 2.64 bits per heavy atom. The van der Waals surface area contributed by atoms with Crippen LogP contribution in [0.1, 0.15) is 24.6 Å². The van der Waals surface area contributed by atoms with Gasteiger partial charge in [-0.1, -0.05) is 5.21 Å². The second-order valence-corrected chi connectivity index (χ2v) is 3.76. The third-order valence-electron chi connectivity index (χ3n) is 2.67. The van der Waals surface area contributed by atoms with Crippen LogP contribution < -0.4 is 0 Å². The van der Waals surface area contributed by atoms with E-state index in [1.54, 1.807) is 17.9 Å². The SMILES string of the molecule is Cn1nncc1C(O)CC1CCOC1. The van der Waals surface area contributed by atoms with E-state index in [-0.39, 0.29) is 0 Å². The predicted molar refractivity (Wildman–Crippen MR) is 49.5 cm³/mol. The second kappa shape index (κ2) is 4.06. The number of rotatable bonds is 3. The van der Waals surface area contributed by atoms with Gasteiger partial charge in [0.1, 0.15) is 0 Å². The number of aromatic nitrogens is 3. The number of aliphatic hydroxyl groups is 1. The average Bonchev–Trinajstić information content (AvgIpc) is 2.75. The molecule has 5 heteroatoms. The highest BCUT2D eigenvalue weighted by Crippen LogP contribution is 2.25. The van der Waals surface area contributed by atoms with Crippen LogP contribution >= 0.6 is 0 Å². The zero-order valence-electron chi connectivity index (χ0n) is 8.26. The largest absolute Gasteiger partial charge is 0.387 e. The molecular formula is C9H15N3O2. The van der Waals surface area contributed by atoms with Gasteiger partial charge in [0.15, 0.2) is 0 Å². The Morgan fingerprint density at radius 3 is 3.21 bits per heavy atom. The van der Waals surface area contributed by atoms with Crippen LogP contribution in [-0.2, 0) is 11.8 Å². The Balaban J connectivity index is 1.95. The normalized spacial score (nSPS) is 24.0. The number of ether oxygens (including phenoxy) is 1. The lowest BCUT2D eigenvalue weighted by molar-refractivity contribution is 0.123. The number of nitrogens with zero attached hydrogens (tertiary/aromatic N) is 3. The number of hydrogen-bond acceptors (Lipinski definition) is 4. The molecule has 1 aromatic heterocycles. The van der Waals surface area contributed by atoms with Crippen LogP contribution in [0, 0.1) is 5.92 Å². The quantitative estimate of drug-likeness (QED) is 0.755. The lowest BCUT2D eigenvalue weighted by Crippen LogP contribution is -2.10. The lowest BCUT2D eigenvalue weighted by Gasteiger charge is -2.13. The molecule has 78 valence electrons. The first-order valence-electron chi connectivity index (χ1n) is 4.87. The van der Waals surface area contributed by atoms with Crippen LogP contribution in [0.3, 0.4) is 0 Å². The van der Waals surface area contributed by atoms with Crippen LogP contribution in [0.2, 0.25) is 0 Å². The summed E-state index contributed by atoms with van der Waals surface area (Å²) < 4.78 is 6.87. The fourth-order valence-corrected chi connectivity index (χ4v) is 1.81. The third-order valence-corrected chi connectivity index (χ3v) is 2.67. The molecule has 5 nitrogen and oxygen atoms in total. The lowest BCUT2D eigenvalue weighted by atomic mass is 9.99. The number of aryl methyl sites for hydroxylation is 1. The molecule has 1 aromatic rings. The third kappa shape index (κ3) is 1.93. The first kappa shape index (κ1) is 9.61. The van der Waals surface area contributed by atoms with E-state index >= 15 is 0 Å². The molecule has 0 radical (unpaired) electrons. The molecule has 2 unspecified atom stereocenters. The van der Waals surface area contributed by atoms with Crippen molar-refractivity contribution in [3.63, 3.8) is 0 Å². The zero-order valence-corrected chi connectivity index (χ0v) is 8.26. The summed E-state index contributed by atoms with van der Waals surface area (Å²) in [4.78, 5) is 0. The Kier molecular flexibility index (Phi) is 2.79. The van der Waals surface area contributed by atoms with E-state index in [1.165, 1.54) is 0 Å². The van der Waals surface area contributed by atoms with Crippen molar-refractivity contribution in [1.29, 1.82) is 0 Å². The topological polar surface area (TPSA) is 60.2 Å². The fraction of sp³-hybridized carbons (Fsp3) is 0.778. The standard InChI is InChI=1S/C9H15N3O2/c1-12-8(5-10-11-12)9(13)4-7-2-3-14-6-7/h5,7,9,13H,2-4,6H2,1H3. The molecule has 14 heavy (non-hydrogen) atoms. The Bertz CT molecular complexity index is 294. The maximum Gasteiger partial charge on any atom is 0.0976 e. The predicted octanol–water partition coefficient (Wildman–Crippen LogP) is 0.275. The average molecular weight is 197 g/mol. The minimum Gasteiger partial charge on any atom is -0.387 e. The zero-order chi connectivity index (χ0) is 9.97. The van der Waals surface area contributed by atoms with Crippen LogP contribution in [0.25, 0.3) is 0 Å². The van der Waals surface area contributed by atoms with E-state index in [1.807, 2.05) is 0 Å². The van der Waals surface area contributed by atoms with Crippen LogP contribution in [-0.4, -0.2) is 33.3 Å². The van der Waals surface area contributed by atoms with E-state index in [0.717, 1.165) is 31.7 Å². The van der Waals surface area contributed by atoms with Gasteiger partial charge >= 0.3 is 0 Å². The summed E-state index contributed by atoms with van der Waals surface area (Å²) in [6.07, 6.45) is 2.92. The van der Waals surface area contributed by atoms with Gasteiger partial charge in [0.2, 0.25) is 0 Å². The Hall–Kier alpha value is -0.940. The molecule has 0 spiro atoms. The van der Waals surface area contributed by atoms with E-state index in [4.69, 9.17) is 4.74 Å². The van der Waals surface area contributed by atoms with Gasteiger partial charge in [-0.2, -0.15) is 0 Å². The molecule has 1 fully saturated rings. The first-order valence-corrected chi connectivity index (χ1v) is 4.87. The maximum atomic E-state index is 9.89. The fourth-order valence-electron chi connectivity index (χ4n) is 1.81. The van der Waals surface area contributed by atoms with Gasteiger partial charge < -0.3 is 9.84 Å². The monoisotopic (exact) mass is 197 g/mol. The Labute approximate surface area is 82.7 Å². The van der Waals surface area contributed by atoms with Crippen molar-refractivity contribution in [1.82, 2.24) is 15.0 Å². The molecule has 2 atom stereocenters. The molecule has 0 bridgehead atoms. The van der Waals surface area contributed by atoms with E-state index in [0.29, 0.717) is 5.92 Å².